The van der Waals surface area contributed by atoms with Gasteiger partial charge in [-0.2, -0.15) is 0 Å². The predicted molar refractivity (Wildman–Crippen MR) is 239 cm³/mol. The maximum atomic E-state index is 12.6. The molecule has 62 heavy (non-hydrogen) atoms. The number of amides is 2. The number of hydrogen-bond donors (Lipinski definition) is 4. The number of rotatable bonds is 11. The summed E-state index contributed by atoms with van der Waals surface area (Å²) in [6.45, 7) is 13.4. The number of carbonyl (C=O) groups excluding carboxylic acids is 3. The molecule has 2 aliphatic heterocycles. The topological polar surface area (TPSA) is 123 Å². The summed E-state index contributed by atoms with van der Waals surface area (Å²) in [5.74, 6) is 0.0682. The molecule has 0 saturated carbocycles. The van der Waals surface area contributed by atoms with Crippen molar-refractivity contribution >= 4 is 51.3 Å². The summed E-state index contributed by atoms with van der Waals surface area (Å²) < 4.78 is 40.8. The summed E-state index contributed by atoms with van der Waals surface area (Å²) in [6.07, 6.45) is 5.91. The van der Waals surface area contributed by atoms with E-state index in [-0.39, 0.29) is 17.2 Å². The van der Waals surface area contributed by atoms with E-state index in [2.05, 4.69) is 81.3 Å². The fraction of sp³-hybridized carbons (Fsp3) is 0.367. The summed E-state index contributed by atoms with van der Waals surface area (Å²) in [7, 11) is 0. The molecule has 4 aromatic carbocycles. The number of halogens is 3. The second-order valence-electron chi connectivity index (χ2n) is 16.7. The number of nitrogens with zero attached hydrogens (tertiary/aromatic N) is 2. The number of ether oxygens (including phenoxy) is 1. The van der Waals surface area contributed by atoms with Gasteiger partial charge < -0.3 is 35.1 Å². The molecule has 0 radical (unpaired) electrons. The number of anilines is 2. The van der Waals surface area contributed by atoms with Crippen LogP contribution in [0.2, 0.25) is 0 Å². The molecule has 0 aliphatic carbocycles. The van der Waals surface area contributed by atoms with Crippen molar-refractivity contribution in [1.29, 1.82) is 0 Å². The largest absolute Gasteiger partial charge is 0.573 e. The molecule has 2 saturated heterocycles. The number of piperidine rings is 2. The zero-order chi connectivity index (χ0) is 44.0. The normalized spacial score (nSPS) is 16.2. The number of H-pyrrole nitrogens is 2. The number of aldehydes is 1. The Bertz CT molecular complexity index is 2460. The Kier molecular flexibility index (Phi) is 13.8. The van der Waals surface area contributed by atoms with Crippen LogP contribution in [0.4, 0.5) is 24.5 Å². The Morgan fingerprint density at radius 1 is 0.710 bits per heavy atom. The quantitative estimate of drug-likeness (QED) is 0.0963. The van der Waals surface area contributed by atoms with Crippen LogP contribution in [-0.2, 0) is 0 Å². The van der Waals surface area contributed by atoms with Crippen molar-refractivity contribution in [2.75, 3.05) is 36.8 Å². The number of nitrogens with one attached hydrogen (secondary N) is 4. The molecular weight excluding hydrogens is 794 g/mol. The standard InChI is InChI=1S/C25H29N3O2.C24H26F3N3O2/c1-3-17(2)28-12-10-19(11-13-28)23-15-26-24-9-8-21(14-22(23)24)27-25(30)20-6-4-18(16-29)5-7-20;1-15(2)30-11-9-16(10-12-30)21-14-28-22-8-5-18(13-20(21)22)29-23(31)17-3-6-19(7-4-17)32-24(25,26)27/h4-9,14-17,19,26H,3,10-13H2,1-2H3,(H,27,30);3-8,13-16,28H,9-12H2,1-2H3,(H,29,31). The van der Waals surface area contributed by atoms with Gasteiger partial charge in [-0.3, -0.25) is 14.4 Å². The molecule has 0 bridgehead atoms. The molecule has 4 N–H and O–H groups in total. The van der Waals surface area contributed by atoms with Gasteiger partial charge in [0.05, 0.1) is 0 Å². The molecule has 10 nitrogen and oxygen atoms in total. The molecule has 2 fully saturated rings. The SMILES string of the molecule is CC(C)N1CCC(c2c[nH]c3ccc(NC(=O)c4ccc(OC(F)(F)F)cc4)cc23)CC1.CCC(C)N1CCC(c2c[nH]c3ccc(NC(=O)c4ccc(C=O)cc4)cc23)CC1. The average molecular weight is 849 g/mol. The van der Waals surface area contributed by atoms with Crippen molar-refractivity contribution in [3.63, 3.8) is 0 Å². The van der Waals surface area contributed by atoms with Crippen LogP contribution >= 0.6 is 0 Å². The van der Waals surface area contributed by atoms with E-state index in [1.54, 1.807) is 24.3 Å². The fourth-order valence-electron chi connectivity index (χ4n) is 8.68. The second-order valence-corrected chi connectivity index (χ2v) is 16.7. The molecular formula is C49H55F3N6O4. The summed E-state index contributed by atoms with van der Waals surface area (Å²) >= 11 is 0. The first kappa shape index (κ1) is 44.1. The molecule has 0 spiro atoms. The van der Waals surface area contributed by atoms with Gasteiger partial charge in [0.25, 0.3) is 11.8 Å². The van der Waals surface area contributed by atoms with Crippen LogP contribution in [-0.4, -0.2) is 82.5 Å². The molecule has 1 unspecified atom stereocenters. The van der Waals surface area contributed by atoms with Gasteiger partial charge in [0, 0.05) is 74.3 Å². The van der Waals surface area contributed by atoms with Gasteiger partial charge in [-0.05, 0) is 175 Å². The van der Waals surface area contributed by atoms with Gasteiger partial charge >= 0.3 is 6.36 Å². The maximum absolute atomic E-state index is 12.6. The summed E-state index contributed by atoms with van der Waals surface area (Å²) in [6, 6.07) is 24.4. The first-order chi connectivity index (χ1) is 29.8. The minimum Gasteiger partial charge on any atom is -0.406 e. The second kappa shape index (κ2) is 19.4. The van der Waals surface area contributed by atoms with Crippen LogP contribution in [0.3, 0.4) is 0 Å². The van der Waals surface area contributed by atoms with Gasteiger partial charge in [0.15, 0.2) is 0 Å². The molecule has 2 aromatic heterocycles. The van der Waals surface area contributed by atoms with E-state index in [1.165, 1.54) is 35.1 Å². The first-order valence-corrected chi connectivity index (χ1v) is 21.5. The molecule has 2 aliphatic rings. The molecule has 13 heteroatoms. The highest BCUT2D eigenvalue weighted by molar-refractivity contribution is 6.06. The Balaban J connectivity index is 0.000000187. The van der Waals surface area contributed by atoms with E-state index in [4.69, 9.17) is 0 Å². The van der Waals surface area contributed by atoms with Gasteiger partial charge in [-0.1, -0.05) is 19.1 Å². The number of alkyl halides is 3. The number of carbonyl (C=O) groups is 3. The lowest BCUT2D eigenvalue weighted by atomic mass is 9.88. The predicted octanol–water partition coefficient (Wildman–Crippen LogP) is 11.1. The van der Waals surface area contributed by atoms with Crippen molar-refractivity contribution in [1.82, 2.24) is 19.8 Å². The minimum absolute atomic E-state index is 0.175. The summed E-state index contributed by atoms with van der Waals surface area (Å²) in [5.41, 5.74) is 7.48. The Morgan fingerprint density at radius 3 is 1.58 bits per heavy atom. The zero-order valence-corrected chi connectivity index (χ0v) is 35.6. The Labute approximate surface area is 360 Å². The van der Waals surface area contributed by atoms with Crippen LogP contribution < -0.4 is 15.4 Å². The number of aromatic amines is 2. The lowest BCUT2D eigenvalue weighted by molar-refractivity contribution is -0.274. The van der Waals surface area contributed by atoms with Gasteiger partial charge in [-0.25, -0.2) is 0 Å². The van der Waals surface area contributed by atoms with E-state index in [0.717, 1.165) is 92.4 Å². The van der Waals surface area contributed by atoms with E-state index in [1.807, 2.05) is 30.3 Å². The van der Waals surface area contributed by atoms with Gasteiger partial charge in [0.1, 0.15) is 12.0 Å². The fourth-order valence-corrected chi connectivity index (χ4v) is 8.68. The molecule has 6 aromatic rings. The third kappa shape index (κ3) is 10.7. The molecule has 2 amide bonds. The lowest BCUT2D eigenvalue weighted by Crippen LogP contribution is -2.39. The van der Waals surface area contributed by atoms with E-state index in [0.29, 0.717) is 40.7 Å². The van der Waals surface area contributed by atoms with Crippen molar-refractivity contribution in [2.24, 2.45) is 0 Å². The van der Waals surface area contributed by atoms with Crippen molar-refractivity contribution < 1.29 is 32.3 Å². The highest BCUT2D eigenvalue weighted by atomic mass is 19.4. The highest BCUT2D eigenvalue weighted by Gasteiger charge is 2.31. The Morgan fingerprint density at radius 2 is 1.16 bits per heavy atom. The number of benzene rings is 4. The van der Waals surface area contributed by atoms with Crippen LogP contribution in [0, 0.1) is 0 Å². The summed E-state index contributed by atoms with van der Waals surface area (Å²) in [4.78, 5) is 47.8. The Hall–Kier alpha value is -5.92. The monoisotopic (exact) mass is 848 g/mol. The number of aromatic nitrogens is 2. The summed E-state index contributed by atoms with van der Waals surface area (Å²) in [5, 5.41) is 8.09. The highest BCUT2D eigenvalue weighted by Crippen LogP contribution is 2.36. The third-order valence-electron chi connectivity index (χ3n) is 12.5. The third-order valence-corrected chi connectivity index (χ3v) is 12.5. The smallest absolute Gasteiger partial charge is 0.406 e. The van der Waals surface area contributed by atoms with Crippen molar-refractivity contribution in [3.8, 4) is 5.75 Å². The zero-order valence-electron chi connectivity index (χ0n) is 35.6. The lowest BCUT2D eigenvalue weighted by Gasteiger charge is -2.35. The molecule has 8 rings (SSSR count). The van der Waals surface area contributed by atoms with Gasteiger partial charge in [-0.15, -0.1) is 13.2 Å². The van der Waals surface area contributed by atoms with Crippen LogP contribution in [0.5, 0.6) is 5.75 Å². The average Bonchev–Trinajstić information content (AvgIpc) is 3.90. The molecule has 1 atom stereocenters. The van der Waals surface area contributed by atoms with Crippen LogP contribution in [0.25, 0.3) is 21.8 Å². The van der Waals surface area contributed by atoms with Crippen LogP contribution in [0.1, 0.15) is 114 Å². The van der Waals surface area contributed by atoms with E-state index < -0.39 is 12.3 Å². The maximum Gasteiger partial charge on any atom is 0.573 e. The first-order valence-electron chi connectivity index (χ1n) is 21.5. The molecule has 4 heterocycles. The number of hydrogen-bond acceptors (Lipinski definition) is 6. The minimum atomic E-state index is -4.77. The molecule has 326 valence electrons. The van der Waals surface area contributed by atoms with Crippen molar-refractivity contribution in [2.45, 2.75) is 90.1 Å². The number of fused-ring (bicyclic) bond motifs is 2. The van der Waals surface area contributed by atoms with E-state index >= 15 is 0 Å². The van der Waals surface area contributed by atoms with Crippen molar-refractivity contribution in [3.05, 3.63) is 125 Å². The van der Waals surface area contributed by atoms with Crippen LogP contribution in [0.15, 0.2) is 97.3 Å². The van der Waals surface area contributed by atoms with Gasteiger partial charge in [0.2, 0.25) is 0 Å². The van der Waals surface area contributed by atoms with E-state index in [9.17, 15) is 27.6 Å². The number of likely N-dealkylation sites (tertiary alicyclic amines) is 2.